The highest BCUT2D eigenvalue weighted by Gasteiger charge is 2.38. The highest BCUT2D eigenvalue weighted by molar-refractivity contribution is 7.56. The average Bonchev–Trinajstić information content (AvgIpc) is 2.83. The van der Waals surface area contributed by atoms with Gasteiger partial charge in [-0.2, -0.15) is 0 Å². The van der Waals surface area contributed by atoms with Gasteiger partial charge in [-0.15, -0.1) is 0 Å². The zero-order valence-electron chi connectivity index (χ0n) is 17.4. The van der Waals surface area contributed by atoms with E-state index in [2.05, 4.69) is 0 Å². The molecule has 0 heterocycles. The number of hydrogen-bond acceptors (Lipinski definition) is 3. The molecule has 4 aromatic carbocycles. The Balaban J connectivity index is 1.66. The van der Waals surface area contributed by atoms with Crippen LogP contribution in [0.4, 0.5) is 0 Å². The van der Waals surface area contributed by atoms with Gasteiger partial charge in [0.05, 0.1) is 0 Å². The normalized spacial score (nSPS) is 11.1. The first-order valence-corrected chi connectivity index (χ1v) is 15.5. The van der Waals surface area contributed by atoms with Gasteiger partial charge in [-0.25, -0.2) is 0 Å². The molecule has 0 spiro atoms. The second-order valence-electron chi connectivity index (χ2n) is 7.38. The lowest BCUT2D eigenvalue weighted by atomic mass is 10.4. The monoisotopic (exact) mass is 456 g/mol. The van der Waals surface area contributed by atoms with Crippen LogP contribution in [-0.4, -0.2) is 35.6 Å². The van der Waals surface area contributed by atoms with E-state index >= 15 is 0 Å². The lowest BCUT2D eigenvalue weighted by Crippen LogP contribution is -2.47. The molecular formula is C25H23Al2O3P. The maximum atomic E-state index is 13.8. The van der Waals surface area contributed by atoms with Crippen molar-refractivity contribution in [2.24, 2.45) is 0 Å². The third-order valence-corrected chi connectivity index (χ3v) is 13.7. The van der Waals surface area contributed by atoms with Crippen LogP contribution in [0.2, 0.25) is 0 Å². The van der Waals surface area contributed by atoms with Gasteiger partial charge in [0.2, 0.25) is 0 Å². The molecule has 0 fully saturated rings. The van der Waals surface area contributed by atoms with Crippen LogP contribution in [0.3, 0.4) is 0 Å². The van der Waals surface area contributed by atoms with Gasteiger partial charge in [0, 0.05) is 6.66 Å². The number of hydrogen-bond donors (Lipinski definition) is 0. The SMILES string of the molecule is CP(=O)([O][Al]([c]1ccccc1)[c]1ccccc1)[O][Al]([c]1ccccc1)[c]1ccccc1. The van der Waals surface area contributed by atoms with Gasteiger partial charge in [-0.05, 0) is 0 Å². The summed E-state index contributed by atoms with van der Waals surface area (Å²) in [5.41, 5.74) is 0. The van der Waals surface area contributed by atoms with Crippen LogP contribution in [0.25, 0.3) is 0 Å². The topological polar surface area (TPSA) is 35.5 Å². The molecule has 0 saturated heterocycles. The van der Waals surface area contributed by atoms with E-state index in [9.17, 15) is 4.57 Å². The maximum Gasteiger partial charge on any atom is 0.551 e. The molecule has 152 valence electrons. The fraction of sp³-hybridized carbons (Fsp3) is 0.0400. The van der Waals surface area contributed by atoms with Crippen molar-refractivity contribution in [2.75, 3.05) is 6.66 Å². The van der Waals surface area contributed by atoms with Crippen LogP contribution < -0.4 is 17.7 Å². The molecule has 31 heavy (non-hydrogen) atoms. The molecule has 3 nitrogen and oxygen atoms in total. The standard InChI is InChI=1S/4C6H5.CH5O3P.2Al/c4*1-2-4-6-5-3-1;1-5(2,3)4;;/h4*1-5H;1H3,(H2,2,3,4);;/q;;;;;2*+1/p-2. The molecule has 0 N–H and O–H groups in total. The smallest absolute Gasteiger partial charge is 0.427 e. The van der Waals surface area contributed by atoms with Crippen LogP contribution in [0, 0.1) is 0 Å². The Morgan fingerprint density at radius 1 is 0.484 bits per heavy atom. The van der Waals surface area contributed by atoms with Crippen molar-refractivity contribution in [3.8, 4) is 0 Å². The summed E-state index contributed by atoms with van der Waals surface area (Å²) in [5.74, 6) is 0. The Hall–Kier alpha value is -1.91. The summed E-state index contributed by atoms with van der Waals surface area (Å²) in [6.45, 7) is 1.62. The van der Waals surface area contributed by atoms with E-state index in [-0.39, 0.29) is 0 Å². The summed E-state index contributed by atoms with van der Waals surface area (Å²) in [7, 11) is -3.34. The van der Waals surface area contributed by atoms with Gasteiger partial charge in [0.25, 0.3) is 7.60 Å². The third kappa shape index (κ3) is 6.08. The third-order valence-electron chi connectivity index (χ3n) is 5.00. The van der Waals surface area contributed by atoms with Crippen molar-refractivity contribution in [2.45, 2.75) is 0 Å². The van der Waals surface area contributed by atoms with Crippen LogP contribution in [-0.2, 0) is 11.7 Å². The summed E-state index contributed by atoms with van der Waals surface area (Å²) in [6.07, 6.45) is 0. The highest BCUT2D eigenvalue weighted by atomic mass is 31.2. The highest BCUT2D eigenvalue weighted by Crippen LogP contribution is 2.45. The van der Waals surface area contributed by atoms with Crippen LogP contribution in [0.15, 0.2) is 121 Å². The van der Waals surface area contributed by atoms with Crippen molar-refractivity contribution < 1.29 is 11.7 Å². The first kappa shape index (κ1) is 22.3. The fourth-order valence-electron chi connectivity index (χ4n) is 3.55. The van der Waals surface area contributed by atoms with Crippen molar-refractivity contribution >= 4 is 54.3 Å². The van der Waals surface area contributed by atoms with Gasteiger partial charge in [-0.3, -0.25) is 4.57 Å². The molecule has 4 aromatic rings. The quantitative estimate of drug-likeness (QED) is 0.301. The molecule has 0 bridgehead atoms. The molecule has 0 aliphatic rings. The van der Waals surface area contributed by atoms with Crippen LogP contribution in [0.5, 0.6) is 0 Å². The lowest BCUT2D eigenvalue weighted by molar-refractivity contribution is 0.409. The van der Waals surface area contributed by atoms with E-state index < -0.39 is 36.6 Å². The zero-order chi connectivity index (χ0) is 21.5. The molecule has 6 heteroatoms. The fourth-order valence-corrected chi connectivity index (χ4v) is 12.3. The first-order valence-electron chi connectivity index (χ1n) is 10.3. The largest absolute Gasteiger partial charge is 0.551 e. The predicted octanol–water partition coefficient (Wildman–Crippen LogP) is 3.45. The molecule has 0 aromatic heterocycles. The van der Waals surface area contributed by atoms with Gasteiger partial charge in [0.1, 0.15) is 0 Å². The van der Waals surface area contributed by atoms with Crippen molar-refractivity contribution in [1.82, 2.24) is 0 Å². The minimum Gasteiger partial charge on any atom is -0.427 e. The summed E-state index contributed by atoms with van der Waals surface area (Å²) in [5, 5.41) is 0. The van der Waals surface area contributed by atoms with Crippen LogP contribution in [0.1, 0.15) is 0 Å². The predicted molar refractivity (Wildman–Crippen MR) is 132 cm³/mol. The Kier molecular flexibility index (Phi) is 7.63. The Morgan fingerprint density at radius 3 is 0.935 bits per heavy atom. The molecule has 0 radical (unpaired) electrons. The van der Waals surface area contributed by atoms with E-state index in [4.69, 9.17) is 7.15 Å². The molecule has 0 saturated carbocycles. The van der Waals surface area contributed by atoms with Gasteiger partial charge in [0.15, 0.2) is 0 Å². The Morgan fingerprint density at radius 2 is 0.710 bits per heavy atom. The Bertz CT molecular complexity index is 959. The van der Waals surface area contributed by atoms with E-state index in [1.807, 2.05) is 121 Å². The van der Waals surface area contributed by atoms with E-state index in [0.29, 0.717) is 0 Å². The van der Waals surface area contributed by atoms with Gasteiger partial charge >= 0.3 is 29.0 Å². The summed E-state index contributed by atoms with van der Waals surface area (Å²) in [6, 6.07) is 40.3. The maximum absolute atomic E-state index is 13.8. The Labute approximate surface area is 193 Å². The number of rotatable bonds is 8. The van der Waals surface area contributed by atoms with Gasteiger partial charge < -0.3 is 7.15 Å². The van der Waals surface area contributed by atoms with Crippen LogP contribution >= 0.6 is 7.60 Å². The molecule has 0 amide bonds. The summed E-state index contributed by atoms with van der Waals surface area (Å²) in [4.78, 5) is 0. The minimum absolute atomic E-state index is 1.08. The molecule has 0 aliphatic heterocycles. The molecule has 0 aliphatic carbocycles. The summed E-state index contributed by atoms with van der Waals surface area (Å²) < 4.78 is 30.9. The van der Waals surface area contributed by atoms with Crippen molar-refractivity contribution in [3.05, 3.63) is 121 Å². The number of benzene rings is 4. The summed E-state index contributed by atoms with van der Waals surface area (Å²) >= 11 is -4.38. The van der Waals surface area contributed by atoms with E-state index in [1.165, 1.54) is 0 Å². The first-order chi connectivity index (χ1) is 15.1. The van der Waals surface area contributed by atoms with Crippen molar-refractivity contribution in [3.63, 3.8) is 0 Å². The van der Waals surface area contributed by atoms with Crippen molar-refractivity contribution in [1.29, 1.82) is 0 Å². The minimum atomic E-state index is -3.34. The molecule has 0 unspecified atom stereocenters. The molecule has 0 atom stereocenters. The van der Waals surface area contributed by atoms with E-state index in [1.54, 1.807) is 6.66 Å². The second-order valence-corrected chi connectivity index (χ2v) is 14.8. The molecular weight excluding hydrogens is 433 g/mol. The lowest BCUT2D eigenvalue weighted by Gasteiger charge is -2.24. The average molecular weight is 456 g/mol. The molecule has 4 rings (SSSR count). The zero-order valence-corrected chi connectivity index (χ0v) is 20.6. The van der Waals surface area contributed by atoms with E-state index in [0.717, 1.165) is 17.7 Å². The van der Waals surface area contributed by atoms with Gasteiger partial charge in [-0.1, -0.05) is 139 Å². The second kappa shape index (κ2) is 10.6.